The third kappa shape index (κ3) is 6.69. The minimum atomic E-state index is -0.505. The number of methoxy groups -OCH3 is 1. The van der Waals surface area contributed by atoms with E-state index in [1.165, 1.54) is 24.5 Å². The molecule has 3 aliphatic heterocycles. The van der Waals surface area contributed by atoms with Gasteiger partial charge in [-0.05, 0) is 103 Å². The number of hydrogen-bond acceptors (Lipinski definition) is 9. The maximum absolute atomic E-state index is 14.3. The fourth-order valence-corrected chi connectivity index (χ4v) is 8.16. The summed E-state index contributed by atoms with van der Waals surface area (Å²) in [6, 6.07) is 3.92. The second-order valence-electron chi connectivity index (χ2n) is 14.2. The van der Waals surface area contributed by atoms with Crippen LogP contribution in [0.15, 0.2) is 24.5 Å². The number of aromatic nitrogens is 3. The van der Waals surface area contributed by atoms with Crippen molar-refractivity contribution in [2.24, 2.45) is 17.3 Å². The minimum absolute atomic E-state index is 0.00583. The quantitative estimate of drug-likeness (QED) is 0.408. The highest BCUT2D eigenvalue weighted by Crippen LogP contribution is 2.45. The summed E-state index contributed by atoms with van der Waals surface area (Å²) >= 11 is 0. The Labute approximate surface area is 271 Å². The van der Waals surface area contributed by atoms with E-state index in [1.54, 1.807) is 12.0 Å². The molecule has 6 rings (SSSR count). The predicted octanol–water partition coefficient (Wildman–Crippen LogP) is 4.29. The summed E-state index contributed by atoms with van der Waals surface area (Å²) in [5, 5.41) is 11.5. The Morgan fingerprint density at radius 2 is 1.91 bits per heavy atom. The van der Waals surface area contributed by atoms with Gasteiger partial charge >= 0.3 is 0 Å². The molecule has 1 saturated carbocycles. The van der Waals surface area contributed by atoms with Crippen molar-refractivity contribution in [3.05, 3.63) is 35.9 Å². The number of carbonyl (C=O) groups excluding carboxylic acids is 2. The Kier molecular flexibility index (Phi) is 9.48. The van der Waals surface area contributed by atoms with Gasteiger partial charge in [0.15, 0.2) is 5.82 Å². The molecule has 4 fully saturated rings. The van der Waals surface area contributed by atoms with Gasteiger partial charge in [0, 0.05) is 50.3 Å². The summed E-state index contributed by atoms with van der Waals surface area (Å²) in [6.45, 7) is 11.8. The van der Waals surface area contributed by atoms with Gasteiger partial charge in [0.1, 0.15) is 17.9 Å². The monoisotopic (exact) mass is 637 g/mol. The van der Waals surface area contributed by atoms with Crippen molar-refractivity contribution >= 4 is 17.6 Å². The van der Waals surface area contributed by atoms with Crippen molar-refractivity contribution in [2.45, 2.75) is 77.3 Å². The number of nitrogens with one attached hydrogen (secondary N) is 1. The topological polar surface area (TPSA) is 113 Å². The Morgan fingerprint density at radius 1 is 1.17 bits per heavy atom. The first-order chi connectivity index (χ1) is 22.1. The molecule has 12 heteroatoms. The number of hydrogen-bond donors (Lipinski definition) is 1. The molecule has 0 bridgehead atoms. The predicted molar refractivity (Wildman–Crippen MR) is 171 cm³/mol. The molecule has 250 valence electrons. The average molecular weight is 638 g/mol. The molecule has 2 aromatic rings. The first kappa shape index (κ1) is 32.6. The molecule has 11 nitrogen and oxygen atoms in total. The maximum Gasteiger partial charge on any atom is 0.282 e. The number of carbonyl (C=O) groups is 2. The van der Waals surface area contributed by atoms with Crippen LogP contribution in [0, 0.1) is 23.1 Å². The molecule has 4 aliphatic rings. The zero-order valence-corrected chi connectivity index (χ0v) is 27.6. The lowest BCUT2D eigenvalue weighted by Gasteiger charge is -2.54. The van der Waals surface area contributed by atoms with E-state index in [0.717, 1.165) is 77.7 Å². The molecule has 1 N–H and O–H groups in total. The number of likely N-dealkylation sites (tertiary alicyclic amines) is 1. The van der Waals surface area contributed by atoms with Crippen molar-refractivity contribution in [3.8, 4) is 11.6 Å². The van der Waals surface area contributed by atoms with E-state index in [4.69, 9.17) is 9.47 Å². The molecule has 0 unspecified atom stereocenters. The van der Waals surface area contributed by atoms with Gasteiger partial charge in [-0.25, -0.2) is 9.37 Å². The normalized spacial score (nSPS) is 26.0. The molecular formula is C34H48FN7O4. The summed E-state index contributed by atoms with van der Waals surface area (Å²) in [6.07, 6.45) is 9.02. The number of amides is 2. The van der Waals surface area contributed by atoms with Gasteiger partial charge in [0.25, 0.3) is 11.8 Å². The van der Waals surface area contributed by atoms with Crippen molar-refractivity contribution in [2.75, 3.05) is 57.9 Å². The summed E-state index contributed by atoms with van der Waals surface area (Å²) in [5.41, 5.74) is 0.361. The van der Waals surface area contributed by atoms with Gasteiger partial charge in [-0.3, -0.25) is 9.59 Å². The third-order valence-electron chi connectivity index (χ3n) is 10.8. The van der Waals surface area contributed by atoms with Crippen LogP contribution in [0.5, 0.6) is 11.6 Å². The first-order valence-electron chi connectivity index (χ1n) is 16.9. The van der Waals surface area contributed by atoms with Crippen LogP contribution in [0.3, 0.4) is 0 Å². The lowest BCUT2D eigenvalue weighted by Crippen LogP contribution is -2.61. The molecule has 46 heavy (non-hydrogen) atoms. The maximum atomic E-state index is 14.3. The zero-order valence-electron chi connectivity index (χ0n) is 27.6. The second-order valence-corrected chi connectivity index (χ2v) is 14.2. The molecule has 1 atom stereocenters. The van der Waals surface area contributed by atoms with Crippen LogP contribution in [0.2, 0.25) is 0 Å². The fourth-order valence-electron chi connectivity index (χ4n) is 8.16. The van der Waals surface area contributed by atoms with Gasteiger partial charge in [-0.2, -0.15) is 0 Å². The highest BCUT2D eigenvalue weighted by Gasteiger charge is 2.48. The van der Waals surface area contributed by atoms with Gasteiger partial charge in [0.05, 0.1) is 18.1 Å². The number of piperidine rings is 1. The van der Waals surface area contributed by atoms with Gasteiger partial charge in [0.2, 0.25) is 5.91 Å². The van der Waals surface area contributed by atoms with E-state index in [9.17, 15) is 14.0 Å². The van der Waals surface area contributed by atoms with E-state index in [2.05, 4.69) is 30.3 Å². The van der Waals surface area contributed by atoms with E-state index in [1.807, 2.05) is 20.8 Å². The van der Waals surface area contributed by atoms with E-state index in [-0.39, 0.29) is 51.9 Å². The second kappa shape index (κ2) is 13.4. The zero-order chi connectivity index (χ0) is 32.5. The van der Waals surface area contributed by atoms with E-state index < -0.39 is 5.82 Å². The molecule has 3 saturated heterocycles. The molecule has 2 amide bonds. The standard InChI is InChI=1S/C34H48FN7O4/c1-5-42(23(2)3)32(44)27-16-26(35)6-7-28(27)46-31-29(36-22-37-39-31)41-20-33(21-41)12-14-40(15-13-33)18-24-8-10-34(11-9-24)17-25(19-45-4)30(43)38-34/h6-7,16,22-25H,5,8-15,17-21H2,1-4H3,(H,38,43)/t24?,25-,34?/m0/s1. The largest absolute Gasteiger partial charge is 0.434 e. The van der Waals surface area contributed by atoms with Crippen molar-refractivity contribution in [1.82, 2.24) is 30.3 Å². The lowest BCUT2D eigenvalue weighted by molar-refractivity contribution is -0.124. The van der Waals surface area contributed by atoms with Crippen LogP contribution in [0.4, 0.5) is 10.2 Å². The lowest BCUT2D eigenvalue weighted by atomic mass is 9.71. The number of benzene rings is 1. The number of nitrogens with zero attached hydrogens (tertiary/aromatic N) is 6. The molecule has 0 radical (unpaired) electrons. The molecule has 2 spiro atoms. The molecule has 1 aliphatic carbocycles. The van der Waals surface area contributed by atoms with Crippen LogP contribution in [-0.2, 0) is 9.53 Å². The Bertz CT molecular complexity index is 1400. The average Bonchev–Trinajstić information content (AvgIpc) is 3.33. The molecule has 1 aromatic heterocycles. The third-order valence-corrected chi connectivity index (χ3v) is 10.8. The summed E-state index contributed by atoms with van der Waals surface area (Å²) in [5.74, 6) is 1.06. The Morgan fingerprint density at radius 3 is 2.59 bits per heavy atom. The first-order valence-corrected chi connectivity index (χ1v) is 16.9. The highest BCUT2D eigenvalue weighted by molar-refractivity contribution is 5.97. The highest BCUT2D eigenvalue weighted by atomic mass is 19.1. The van der Waals surface area contributed by atoms with Crippen LogP contribution >= 0.6 is 0 Å². The van der Waals surface area contributed by atoms with Crippen LogP contribution < -0.4 is 15.0 Å². The Hall–Kier alpha value is -3.38. The number of ether oxygens (including phenoxy) is 2. The van der Waals surface area contributed by atoms with Crippen LogP contribution in [0.25, 0.3) is 0 Å². The molecular weight excluding hydrogens is 589 g/mol. The van der Waals surface area contributed by atoms with Crippen molar-refractivity contribution in [3.63, 3.8) is 0 Å². The van der Waals surface area contributed by atoms with Crippen LogP contribution in [0.1, 0.15) is 76.1 Å². The van der Waals surface area contributed by atoms with Crippen molar-refractivity contribution in [1.29, 1.82) is 0 Å². The summed E-state index contributed by atoms with van der Waals surface area (Å²) < 4.78 is 25.7. The summed E-state index contributed by atoms with van der Waals surface area (Å²) in [4.78, 5) is 36.7. The van der Waals surface area contributed by atoms with Crippen LogP contribution in [-0.4, -0.2) is 101 Å². The van der Waals surface area contributed by atoms with E-state index >= 15 is 0 Å². The van der Waals surface area contributed by atoms with E-state index in [0.29, 0.717) is 24.9 Å². The van der Waals surface area contributed by atoms with Crippen molar-refractivity contribution < 1.29 is 23.5 Å². The van der Waals surface area contributed by atoms with Gasteiger partial charge < -0.3 is 29.5 Å². The summed E-state index contributed by atoms with van der Waals surface area (Å²) in [7, 11) is 1.67. The smallest absolute Gasteiger partial charge is 0.282 e. The molecule has 1 aromatic carbocycles. The number of anilines is 1. The number of rotatable bonds is 10. The van der Waals surface area contributed by atoms with Gasteiger partial charge in [-0.1, -0.05) is 0 Å². The van der Waals surface area contributed by atoms with Gasteiger partial charge in [-0.15, -0.1) is 10.2 Å². The minimum Gasteiger partial charge on any atom is -0.434 e. The SMILES string of the molecule is CCN(C(=O)c1cc(F)ccc1Oc1nncnc1N1CC2(CCN(CC3CCC4(CC3)C[C@@H](COC)C(=O)N4)CC2)C1)C(C)C. The fraction of sp³-hybridized carbons (Fsp3) is 0.676. The Balaban J connectivity index is 1.02. The molecule has 4 heterocycles. The number of halogens is 1.